The normalized spacial score (nSPS) is 9.83. The number of hydrogen-bond acceptors (Lipinski definition) is 4. The Morgan fingerprint density at radius 3 is 3.08 bits per heavy atom. The monoisotopic (exact) mass is 170 g/mol. The predicted octanol–water partition coefficient (Wildman–Crippen LogP) is 0.237. The van der Waals surface area contributed by atoms with Gasteiger partial charge in [0.2, 0.25) is 0 Å². The summed E-state index contributed by atoms with van der Waals surface area (Å²) in [5, 5.41) is 1.15. The third-order valence-corrected chi connectivity index (χ3v) is 1.44. The molecule has 0 radical (unpaired) electrons. The van der Waals surface area contributed by atoms with Gasteiger partial charge in [0, 0.05) is 7.05 Å². The highest BCUT2D eigenvalue weighted by Crippen LogP contribution is 1.98. The fourth-order valence-corrected chi connectivity index (χ4v) is 0.693. The zero-order chi connectivity index (χ0) is 8.97. The number of carbonyl (C=O) groups is 1. The number of aromatic nitrogens is 1. The fraction of sp³-hybridized carbons (Fsp3) is 0.429. The van der Waals surface area contributed by atoms with E-state index in [9.17, 15) is 4.79 Å². The van der Waals surface area contributed by atoms with Crippen LogP contribution >= 0.6 is 0 Å². The Hall–Kier alpha value is -1.36. The standard InChI is InChI=1S/C7H10N2O3/c1-9(11-2)7(10)3-6-4-12-5-8-6/h4-5H,3H2,1-2H3. The van der Waals surface area contributed by atoms with Crippen molar-refractivity contribution in [3.8, 4) is 0 Å². The summed E-state index contributed by atoms with van der Waals surface area (Å²) in [5.41, 5.74) is 0.601. The first kappa shape index (κ1) is 8.73. The van der Waals surface area contributed by atoms with Crippen LogP contribution in [-0.4, -0.2) is 30.1 Å². The van der Waals surface area contributed by atoms with Gasteiger partial charge in [-0.1, -0.05) is 0 Å². The molecular formula is C7H10N2O3. The third kappa shape index (κ3) is 2.06. The lowest BCUT2D eigenvalue weighted by Crippen LogP contribution is -2.26. The lowest BCUT2D eigenvalue weighted by molar-refractivity contribution is -0.167. The van der Waals surface area contributed by atoms with Crippen molar-refractivity contribution in [1.29, 1.82) is 0 Å². The first-order chi connectivity index (χ1) is 5.74. The van der Waals surface area contributed by atoms with E-state index in [0.717, 1.165) is 5.06 Å². The van der Waals surface area contributed by atoms with Gasteiger partial charge in [0.25, 0.3) is 5.91 Å². The quantitative estimate of drug-likeness (QED) is 0.609. The van der Waals surface area contributed by atoms with Crippen molar-refractivity contribution in [1.82, 2.24) is 10.0 Å². The smallest absolute Gasteiger partial charge is 0.251 e. The van der Waals surface area contributed by atoms with Crippen LogP contribution in [0.3, 0.4) is 0 Å². The highest BCUT2D eigenvalue weighted by Gasteiger charge is 2.09. The summed E-state index contributed by atoms with van der Waals surface area (Å²) in [6.45, 7) is 0. The second-order valence-electron chi connectivity index (χ2n) is 2.23. The molecule has 0 unspecified atom stereocenters. The van der Waals surface area contributed by atoms with Crippen LogP contribution < -0.4 is 0 Å². The van der Waals surface area contributed by atoms with Crippen LogP contribution in [0.4, 0.5) is 0 Å². The van der Waals surface area contributed by atoms with E-state index in [0.29, 0.717) is 5.69 Å². The van der Waals surface area contributed by atoms with Gasteiger partial charge >= 0.3 is 0 Å². The second-order valence-corrected chi connectivity index (χ2v) is 2.23. The largest absolute Gasteiger partial charge is 0.451 e. The molecular weight excluding hydrogens is 160 g/mol. The minimum Gasteiger partial charge on any atom is -0.451 e. The molecule has 12 heavy (non-hydrogen) atoms. The lowest BCUT2D eigenvalue weighted by atomic mass is 10.3. The van der Waals surface area contributed by atoms with Gasteiger partial charge in [0.15, 0.2) is 6.39 Å². The Morgan fingerprint density at radius 1 is 1.83 bits per heavy atom. The Balaban J connectivity index is 2.47. The van der Waals surface area contributed by atoms with Crippen LogP contribution in [0.2, 0.25) is 0 Å². The molecule has 0 aliphatic carbocycles. The highest BCUT2D eigenvalue weighted by atomic mass is 16.7. The van der Waals surface area contributed by atoms with Gasteiger partial charge in [-0.25, -0.2) is 10.0 Å². The van der Waals surface area contributed by atoms with Crippen LogP contribution in [0.5, 0.6) is 0 Å². The maximum atomic E-state index is 11.2. The summed E-state index contributed by atoms with van der Waals surface area (Å²) in [6, 6.07) is 0. The number of nitrogens with zero attached hydrogens (tertiary/aromatic N) is 2. The molecule has 0 atom stereocenters. The first-order valence-electron chi connectivity index (χ1n) is 3.41. The molecule has 0 aliphatic rings. The minimum atomic E-state index is -0.161. The van der Waals surface area contributed by atoms with Crippen LogP contribution in [0.25, 0.3) is 0 Å². The molecule has 0 N–H and O–H groups in total. The van der Waals surface area contributed by atoms with Gasteiger partial charge in [-0.3, -0.25) is 9.63 Å². The fourth-order valence-electron chi connectivity index (χ4n) is 0.693. The van der Waals surface area contributed by atoms with Gasteiger partial charge in [-0.05, 0) is 0 Å². The van der Waals surface area contributed by atoms with Gasteiger partial charge in [0.05, 0.1) is 19.2 Å². The molecule has 5 heteroatoms. The van der Waals surface area contributed by atoms with Crippen molar-refractivity contribution in [2.45, 2.75) is 6.42 Å². The van der Waals surface area contributed by atoms with Crippen molar-refractivity contribution in [2.75, 3.05) is 14.2 Å². The molecule has 1 amide bonds. The minimum absolute atomic E-state index is 0.161. The Kier molecular flexibility index (Phi) is 2.82. The van der Waals surface area contributed by atoms with Crippen molar-refractivity contribution in [3.63, 3.8) is 0 Å². The molecule has 0 aliphatic heterocycles. The first-order valence-corrected chi connectivity index (χ1v) is 3.41. The van der Waals surface area contributed by atoms with Gasteiger partial charge in [0.1, 0.15) is 6.26 Å². The molecule has 0 fully saturated rings. The average molecular weight is 170 g/mol. The molecule has 1 rings (SSSR count). The van der Waals surface area contributed by atoms with Crippen LogP contribution in [0.1, 0.15) is 5.69 Å². The third-order valence-electron chi connectivity index (χ3n) is 1.44. The Morgan fingerprint density at radius 2 is 2.58 bits per heavy atom. The van der Waals surface area contributed by atoms with Gasteiger partial charge < -0.3 is 4.42 Å². The molecule has 0 aromatic carbocycles. The average Bonchev–Trinajstić information content (AvgIpc) is 2.55. The van der Waals surface area contributed by atoms with E-state index in [4.69, 9.17) is 4.42 Å². The SMILES string of the molecule is CON(C)C(=O)Cc1cocn1. The van der Waals surface area contributed by atoms with E-state index in [1.54, 1.807) is 7.05 Å². The molecule has 0 saturated carbocycles. The van der Waals surface area contributed by atoms with E-state index in [-0.39, 0.29) is 12.3 Å². The molecule has 0 bridgehead atoms. The predicted molar refractivity (Wildman–Crippen MR) is 40.0 cm³/mol. The van der Waals surface area contributed by atoms with E-state index in [1.807, 2.05) is 0 Å². The summed E-state index contributed by atoms with van der Waals surface area (Å²) >= 11 is 0. The zero-order valence-corrected chi connectivity index (χ0v) is 6.98. The number of likely N-dealkylation sites (N-methyl/N-ethyl adjacent to an activating group) is 1. The highest BCUT2D eigenvalue weighted by molar-refractivity contribution is 5.76. The van der Waals surface area contributed by atoms with Crippen LogP contribution in [-0.2, 0) is 16.1 Å². The van der Waals surface area contributed by atoms with Crippen LogP contribution in [0, 0.1) is 0 Å². The molecule has 5 nitrogen and oxygen atoms in total. The zero-order valence-electron chi connectivity index (χ0n) is 6.98. The lowest BCUT2D eigenvalue weighted by Gasteiger charge is -2.11. The van der Waals surface area contributed by atoms with E-state index in [2.05, 4.69) is 9.82 Å². The van der Waals surface area contributed by atoms with Crippen molar-refractivity contribution < 1.29 is 14.0 Å². The number of oxazole rings is 1. The van der Waals surface area contributed by atoms with E-state index >= 15 is 0 Å². The summed E-state index contributed by atoms with van der Waals surface area (Å²) in [4.78, 5) is 19.7. The molecule has 1 aromatic heterocycles. The molecule has 0 spiro atoms. The number of rotatable bonds is 3. The van der Waals surface area contributed by atoms with Crippen molar-refractivity contribution in [2.24, 2.45) is 0 Å². The van der Waals surface area contributed by atoms with Crippen molar-refractivity contribution >= 4 is 5.91 Å². The van der Waals surface area contributed by atoms with E-state index in [1.165, 1.54) is 19.8 Å². The van der Waals surface area contributed by atoms with E-state index < -0.39 is 0 Å². The molecule has 1 heterocycles. The summed E-state index contributed by atoms with van der Waals surface area (Å²) in [7, 11) is 2.98. The maximum Gasteiger partial charge on any atom is 0.251 e. The maximum absolute atomic E-state index is 11.2. The summed E-state index contributed by atoms with van der Waals surface area (Å²) in [5.74, 6) is -0.161. The number of amides is 1. The molecule has 0 saturated heterocycles. The van der Waals surface area contributed by atoms with Crippen LogP contribution in [0.15, 0.2) is 17.1 Å². The molecule has 66 valence electrons. The number of hydroxylamine groups is 2. The second kappa shape index (κ2) is 3.87. The summed E-state index contributed by atoms with van der Waals surface area (Å²) in [6.07, 6.45) is 2.91. The Bertz CT molecular complexity index is 245. The summed E-state index contributed by atoms with van der Waals surface area (Å²) < 4.78 is 4.71. The number of carbonyl (C=O) groups excluding carboxylic acids is 1. The van der Waals surface area contributed by atoms with Crippen molar-refractivity contribution in [3.05, 3.63) is 18.4 Å². The molecule has 1 aromatic rings. The topological polar surface area (TPSA) is 55.6 Å². The number of hydrogen-bond donors (Lipinski definition) is 0. The Labute approximate surface area is 69.9 Å². The van der Waals surface area contributed by atoms with Gasteiger partial charge in [-0.2, -0.15) is 0 Å². The van der Waals surface area contributed by atoms with Gasteiger partial charge in [-0.15, -0.1) is 0 Å².